The molecule has 0 radical (unpaired) electrons. The first-order chi connectivity index (χ1) is 22.3. The lowest BCUT2D eigenvalue weighted by atomic mass is 9.99. The third-order valence-corrected chi connectivity index (χ3v) is 8.62. The zero-order valence-corrected chi connectivity index (χ0v) is 24.3. The van der Waals surface area contributed by atoms with Crippen LogP contribution in [0.1, 0.15) is 0 Å². The van der Waals surface area contributed by atoms with E-state index in [0.29, 0.717) is 17.5 Å². The minimum atomic E-state index is 0.644. The van der Waals surface area contributed by atoms with Crippen molar-refractivity contribution < 1.29 is 0 Å². The van der Waals surface area contributed by atoms with Gasteiger partial charge in [-0.2, -0.15) is 0 Å². The van der Waals surface area contributed by atoms with Gasteiger partial charge in [0.2, 0.25) is 0 Å². The van der Waals surface area contributed by atoms with Crippen LogP contribution in [0.5, 0.6) is 0 Å². The SMILES string of the molecule is c1ccc(-c2nc(-c3ccccc3)nc(-c3ccc4c5ccc6c7ccccc7ccc6c5n(-c5ccccc5)c4c3)n2)cc1. The van der Waals surface area contributed by atoms with Gasteiger partial charge in [-0.1, -0.05) is 140 Å². The van der Waals surface area contributed by atoms with Crippen molar-refractivity contribution >= 4 is 43.4 Å². The summed E-state index contributed by atoms with van der Waals surface area (Å²) in [4.78, 5) is 14.9. The molecule has 2 heterocycles. The second kappa shape index (κ2) is 10.2. The molecule has 0 fully saturated rings. The molecule has 0 unspecified atom stereocenters. The first-order valence-corrected chi connectivity index (χ1v) is 15.1. The van der Waals surface area contributed by atoms with E-state index in [1.165, 1.54) is 37.8 Å². The van der Waals surface area contributed by atoms with Crippen LogP contribution in [0.15, 0.2) is 158 Å². The second-order valence-corrected chi connectivity index (χ2v) is 11.3. The highest BCUT2D eigenvalue weighted by Gasteiger charge is 2.18. The monoisotopic (exact) mass is 574 g/mol. The second-order valence-electron chi connectivity index (χ2n) is 11.3. The van der Waals surface area contributed by atoms with Crippen LogP contribution >= 0.6 is 0 Å². The molecule has 0 spiro atoms. The van der Waals surface area contributed by atoms with Crippen LogP contribution in [0.2, 0.25) is 0 Å². The summed E-state index contributed by atoms with van der Waals surface area (Å²) in [6, 6.07) is 55.1. The molecule has 7 aromatic carbocycles. The summed E-state index contributed by atoms with van der Waals surface area (Å²) in [7, 11) is 0. The predicted octanol–water partition coefficient (Wildman–Crippen LogP) is 10.3. The summed E-state index contributed by atoms with van der Waals surface area (Å²) >= 11 is 0. The Morgan fingerprint density at radius 3 is 1.56 bits per heavy atom. The van der Waals surface area contributed by atoms with Gasteiger partial charge in [-0.05, 0) is 34.4 Å². The summed E-state index contributed by atoms with van der Waals surface area (Å²) in [6.45, 7) is 0. The summed E-state index contributed by atoms with van der Waals surface area (Å²) < 4.78 is 2.39. The van der Waals surface area contributed by atoms with Gasteiger partial charge < -0.3 is 4.57 Å². The molecule has 0 aliphatic carbocycles. The van der Waals surface area contributed by atoms with Gasteiger partial charge >= 0.3 is 0 Å². The molecule has 0 aliphatic rings. The highest BCUT2D eigenvalue weighted by atomic mass is 15.0. The van der Waals surface area contributed by atoms with Gasteiger partial charge in [0, 0.05) is 38.5 Å². The molecule has 9 rings (SSSR count). The van der Waals surface area contributed by atoms with Crippen LogP contribution in [-0.2, 0) is 0 Å². The van der Waals surface area contributed by atoms with E-state index >= 15 is 0 Å². The van der Waals surface area contributed by atoms with Gasteiger partial charge in [0.25, 0.3) is 0 Å². The molecular formula is C41H26N4. The first-order valence-electron chi connectivity index (χ1n) is 15.1. The Bertz CT molecular complexity index is 2460. The zero-order chi connectivity index (χ0) is 29.7. The van der Waals surface area contributed by atoms with Gasteiger partial charge in [0.15, 0.2) is 17.5 Å². The largest absolute Gasteiger partial charge is 0.309 e. The third kappa shape index (κ3) is 4.19. The number of para-hydroxylation sites is 1. The van der Waals surface area contributed by atoms with Crippen LogP contribution in [0.25, 0.3) is 83.2 Å². The van der Waals surface area contributed by atoms with Gasteiger partial charge in [-0.25, -0.2) is 15.0 Å². The number of rotatable bonds is 4. The Balaban J connectivity index is 1.34. The summed E-state index contributed by atoms with van der Waals surface area (Å²) in [6.07, 6.45) is 0. The Labute approximate surface area is 259 Å². The number of benzene rings is 7. The fourth-order valence-electron chi connectivity index (χ4n) is 6.52. The van der Waals surface area contributed by atoms with Crippen LogP contribution in [0.3, 0.4) is 0 Å². The lowest BCUT2D eigenvalue weighted by molar-refractivity contribution is 1.07. The minimum absolute atomic E-state index is 0.644. The highest BCUT2D eigenvalue weighted by Crippen LogP contribution is 2.40. The van der Waals surface area contributed by atoms with Crippen LogP contribution < -0.4 is 0 Å². The highest BCUT2D eigenvalue weighted by molar-refractivity contribution is 6.23. The molecule has 4 nitrogen and oxygen atoms in total. The molecular weight excluding hydrogens is 548 g/mol. The molecule has 0 saturated carbocycles. The minimum Gasteiger partial charge on any atom is -0.309 e. The Morgan fingerprint density at radius 2 is 0.867 bits per heavy atom. The maximum atomic E-state index is 5.02. The fraction of sp³-hybridized carbons (Fsp3) is 0. The van der Waals surface area contributed by atoms with Crippen molar-refractivity contribution in [3.63, 3.8) is 0 Å². The van der Waals surface area contributed by atoms with Crippen LogP contribution in [0.4, 0.5) is 0 Å². The van der Waals surface area contributed by atoms with Crippen molar-refractivity contribution in [2.24, 2.45) is 0 Å². The summed E-state index contributed by atoms with van der Waals surface area (Å²) in [5.41, 5.74) is 6.27. The van der Waals surface area contributed by atoms with Crippen molar-refractivity contribution in [3.05, 3.63) is 158 Å². The molecule has 210 valence electrons. The normalized spacial score (nSPS) is 11.6. The number of nitrogens with zero attached hydrogens (tertiary/aromatic N) is 4. The molecule has 0 bridgehead atoms. The molecule has 2 aromatic heterocycles. The van der Waals surface area contributed by atoms with E-state index in [0.717, 1.165) is 27.9 Å². The molecule has 9 aromatic rings. The van der Waals surface area contributed by atoms with E-state index < -0.39 is 0 Å². The van der Waals surface area contributed by atoms with E-state index in [1.807, 2.05) is 60.7 Å². The van der Waals surface area contributed by atoms with Crippen molar-refractivity contribution in [2.75, 3.05) is 0 Å². The number of fused-ring (bicyclic) bond motifs is 7. The zero-order valence-electron chi connectivity index (χ0n) is 24.3. The van der Waals surface area contributed by atoms with E-state index in [1.54, 1.807) is 0 Å². The van der Waals surface area contributed by atoms with Gasteiger partial charge in [0.1, 0.15) is 0 Å². The maximum Gasteiger partial charge on any atom is 0.164 e. The quantitative estimate of drug-likeness (QED) is 0.196. The van der Waals surface area contributed by atoms with E-state index in [9.17, 15) is 0 Å². The van der Waals surface area contributed by atoms with Gasteiger partial charge in [-0.3, -0.25) is 0 Å². The first kappa shape index (κ1) is 25.4. The standard InChI is InChI=1S/C41H26N4/c1-4-13-28(14-5-1)39-42-40(29-15-6-2-7-16-29)44-41(43-39)30-21-22-34-36-25-24-33-32-19-11-10-12-27(32)20-23-35(33)38(36)45(37(34)26-30)31-17-8-3-9-18-31/h1-26H. The molecule has 4 heteroatoms. The number of hydrogen-bond acceptors (Lipinski definition) is 3. The molecule has 0 aliphatic heterocycles. The van der Waals surface area contributed by atoms with Gasteiger partial charge in [0.05, 0.1) is 11.0 Å². The fourth-order valence-corrected chi connectivity index (χ4v) is 6.52. The Kier molecular flexibility index (Phi) is 5.78. The predicted molar refractivity (Wildman–Crippen MR) is 185 cm³/mol. The Morgan fingerprint density at radius 1 is 0.356 bits per heavy atom. The van der Waals surface area contributed by atoms with Crippen molar-refractivity contribution in [3.8, 4) is 39.9 Å². The molecule has 0 amide bonds. The molecule has 45 heavy (non-hydrogen) atoms. The topological polar surface area (TPSA) is 43.6 Å². The lowest BCUT2D eigenvalue weighted by Crippen LogP contribution is -2.00. The third-order valence-electron chi connectivity index (χ3n) is 8.62. The average Bonchev–Trinajstić information content (AvgIpc) is 3.46. The van der Waals surface area contributed by atoms with E-state index in [2.05, 4.69) is 102 Å². The van der Waals surface area contributed by atoms with E-state index in [4.69, 9.17) is 15.0 Å². The van der Waals surface area contributed by atoms with E-state index in [-0.39, 0.29) is 0 Å². The van der Waals surface area contributed by atoms with Crippen LogP contribution in [-0.4, -0.2) is 19.5 Å². The van der Waals surface area contributed by atoms with Gasteiger partial charge in [-0.15, -0.1) is 0 Å². The van der Waals surface area contributed by atoms with Crippen LogP contribution in [0, 0.1) is 0 Å². The Hall–Kier alpha value is -6.13. The molecule has 0 N–H and O–H groups in total. The smallest absolute Gasteiger partial charge is 0.164 e. The molecule has 0 saturated heterocycles. The van der Waals surface area contributed by atoms with Crippen molar-refractivity contribution in [1.29, 1.82) is 0 Å². The van der Waals surface area contributed by atoms with Crippen molar-refractivity contribution in [2.45, 2.75) is 0 Å². The molecule has 0 atom stereocenters. The maximum absolute atomic E-state index is 5.02. The lowest BCUT2D eigenvalue weighted by Gasteiger charge is -2.12. The number of hydrogen-bond donors (Lipinski definition) is 0. The average molecular weight is 575 g/mol. The number of aromatic nitrogens is 4. The summed E-state index contributed by atoms with van der Waals surface area (Å²) in [5.74, 6) is 1.95. The summed E-state index contributed by atoms with van der Waals surface area (Å²) in [5, 5.41) is 7.38. The van der Waals surface area contributed by atoms with Crippen molar-refractivity contribution in [1.82, 2.24) is 19.5 Å².